The van der Waals surface area contributed by atoms with E-state index in [9.17, 15) is 4.79 Å². The number of hydrogen-bond donors (Lipinski definition) is 3. The van der Waals surface area contributed by atoms with E-state index in [0.29, 0.717) is 13.0 Å². The molecular weight excluding hydrogens is 136 g/mol. The molecule has 1 aliphatic heterocycles. The van der Waals surface area contributed by atoms with Gasteiger partial charge in [-0.2, -0.15) is 5.90 Å². The van der Waals surface area contributed by atoms with Crippen molar-refractivity contribution >= 4 is 5.97 Å². The summed E-state index contributed by atoms with van der Waals surface area (Å²) in [5.41, 5.74) is 0. The minimum absolute atomic E-state index is 0.385. The largest absolute Gasteiger partial charge is 0.392 e. The van der Waals surface area contributed by atoms with E-state index in [-0.39, 0.29) is 0 Å². The van der Waals surface area contributed by atoms with Crippen LogP contribution in [0.4, 0.5) is 0 Å². The van der Waals surface area contributed by atoms with Crippen molar-refractivity contribution in [3.05, 3.63) is 0 Å². The molecule has 10 heavy (non-hydrogen) atoms. The summed E-state index contributed by atoms with van der Waals surface area (Å²) in [6.07, 6.45) is -0.0696. The van der Waals surface area contributed by atoms with E-state index in [1.165, 1.54) is 0 Å². The van der Waals surface area contributed by atoms with Crippen LogP contribution >= 0.6 is 0 Å². The molecule has 0 radical (unpaired) electrons. The van der Waals surface area contributed by atoms with Crippen molar-refractivity contribution in [2.75, 3.05) is 6.54 Å². The molecule has 1 heterocycles. The van der Waals surface area contributed by atoms with Crippen molar-refractivity contribution in [3.63, 3.8) is 0 Å². The lowest BCUT2D eigenvalue weighted by Crippen LogP contribution is -2.33. The summed E-state index contributed by atoms with van der Waals surface area (Å²) in [6.45, 7) is 0.430. The van der Waals surface area contributed by atoms with Crippen LogP contribution in [-0.4, -0.2) is 29.8 Å². The van der Waals surface area contributed by atoms with Crippen LogP contribution in [-0.2, 0) is 9.63 Å². The molecule has 0 amide bonds. The molecule has 1 saturated heterocycles. The van der Waals surface area contributed by atoms with E-state index in [2.05, 4.69) is 16.1 Å². The average Bonchev–Trinajstić information content (AvgIpc) is 2.34. The normalized spacial score (nSPS) is 32.2. The molecule has 5 heteroatoms. The molecule has 0 aromatic rings. The molecule has 0 unspecified atom stereocenters. The van der Waals surface area contributed by atoms with Crippen molar-refractivity contribution in [3.8, 4) is 0 Å². The Morgan fingerprint density at radius 1 is 1.80 bits per heavy atom. The molecule has 1 aliphatic rings. The minimum atomic E-state index is -0.517. The van der Waals surface area contributed by atoms with Gasteiger partial charge in [0.15, 0.2) is 0 Å². The second-order valence-corrected chi connectivity index (χ2v) is 2.29. The first-order valence-electron chi connectivity index (χ1n) is 3.06. The fourth-order valence-corrected chi connectivity index (χ4v) is 0.979. The predicted molar refractivity (Wildman–Crippen MR) is 32.7 cm³/mol. The van der Waals surface area contributed by atoms with E-state index in [4.69, 9.17) is 5.11 Å². The van der Waals surface area contributed by atoms with Gasteiger partial charge in [0.25, 0.3) is 0 Å². The topological polar surface area (TPSA) is 84.6 Å². The van der Waals surface area contributed by atoms with E-state index in [1.54, 1.807) is 0 Å². The number of nitrogens with one attached hydrogen (secondary N) is 1. The zero-order valence-electron chi connectivity index (χ0n) is 5.41. The predicted octanol–water partition coefficient (Wildman–Crippen LogP) is -1.87. The minimum Gasteiger partial charge on any atom is -0.392 e. The Morgan fingerprint density at radius 2 is 2.50 bits per heavy atom. The summed E-state index contributed by atoms with van der Waals surface area (Å²) < 4.78 is 0. The third kappa shape index (κ3) is 1.44. The van der Waals surface area contributed by atoms with Gasteiger partial charge in [0, 0.05) is 13.0 Å². The highest BCUT2D eigenvalue weighted by Gasteiger charge is 2.28. The summed E-state index contributed by atoms with van der Waals surface area (Å²) in [5, 5.41) is 11.7. The molecular formula is C5H10N2O3. The van der Waals surface area contributed by atoms with Crippen LogP contribution in [0, 0.1) is 0 Å². The second kappa shape index (κ2) is 2.96. The highest BCUT2D eigenvalue weighted by molar-refractivity contribution is 5.75. The Hall–Kier alpha value is -0.650. The van der Waals surface area contributed by atoms with Gasteiger partial charge in [-0.3, -0.25) is 0 Å². The van der Waals surface area contributed by atoms with Crippen molar-refractivity contribution in [2.24, 2.45) is 5.90 Å². The lowest BCUT2D eigenvalue weighted by molar-refractivity contribution is -0.146. The van der Waals surface area contributed by atoms with Crippen LogP contribution in [0.25, 0.3) is 0 Å². The molecule has 0 spiro atoms. The van der Waals surface area contributed by atoms with Crippen molar-refractivity contribution in [1.29, 1.82) is 0 Å². The summed E-state index contributed by atoms with van der Waals surface area (Å²) in [5.74, 6) is 4.11. The van der Waals surface area contributed by atoms with Gasteiger partial charge >= 0.3 is 5.97 Å². The standard InChI is InChI=1S/C5H10N2O3/c6-10-5(9)4-1-3(8)2-7-4/h3-4,7-8H,1-2,6H2/t3-,4+/m1/s1. The molecule has 0 saturated carbocycles. The van der Waals surface area contributed by atoms with Crippen LogP contribution in [0.3, 0.4) is 0 Å². The maximum atomic E-state index is 10.6. The molecule has 0 aromatic heterocycles. The summed E-state index contributed by atoms with van der Waals surface area (Å²) in [7, 11) is 0. The molecule has 2 atom stereocenters. The van der Waals surface area contributed by atoms with Crippen LogP contribution in [0.1, 0.15) is 6.42 Å². The van der Waals surface area contributed by atoms with Gasteiger partial charge < -0.3 is 15.3 Å². The van der Waals surface area contributed by atoms with Gasteiger partial charge in [-0.05, 0) is 0 Å². The number of hydrogen-bond acceptors (Lipinski definition) is 5. The van der Waals surface area contributed by atoms with Gasteiger partial charge in [0.2, 0.25) is 0 Å². The highest BCUT2D eigenvalue weighted by atomic mass is 16.7. The Balaban J connectivity index is 2.37. The molecule has 4 N–H and O–H groups in total. The number of aliphatic hydroxyl groups excluding tert-OH is 1. The van der Waals surface area contributed by atoms with Crippen LogP contribution in [0.2, 0.25) is 0 Å². The lowest BCUT2D eigenvalue weighted by atomic mass is 10.2. The maximum Gasteiger partial charge on any atom is 0.341 e. The van der Waals surface area contributed by atoms with Gasteiger partial charge in [-0.1, -0.05) is 0 Å². The Labute approximate surface area is 58.1 Å². The first-order valence-corrected chi connectivity index (χ1v) is 3.06. The summed E-state index contributed by atoms with van der Waals surface area (Å²) in [6, 6.07) is -0.431. The number of β-amino-alcohol motifs (C(OH)–C–C–N with tert-alkyl or cyclic N) is 1. The van der Waals surface area contributed by atoms with Crippen molar-refractivity contribution < 1.29 is 14.7 Å². The van der Waals surface area contributed by atoms with Crippen molar-refractivity contribution in [2.45, 2.75) is 18.6 Å². The third-order valence-corrected chi connectivity index (χ3v) is 1.51. The molecule has 0 bridgehead atoms. The number of aliphatic hydroxyl groups is 1. The quantitative estimate of drug-likeness (QED) is 0.377. The number of nitrogens with two attached hydrogens (primary N) is 1. The Kier molecular flexibility index (Phi) is 2.21. The number of carbonyl (C=O) groups excluding carboxylic acids is 1. The van der Waals surface area contributed by atoms with Gasteiger partial charge in [0.05, 0.1) is 6.10 Å². The van der Waals surface area contributed by atoms with E-state index in [0.717, 1.165) is 0 Å². The average molecular weight is 146 g/mol. The monoisotopic (exact) mass is 146 g/mol. The van der Waals surface area contributed by atoms with Gasteiger partial charge in [0.1, 0.15) is 6.04 Å². The third-order valence-electron chi connectivity index (χ3n) is 1.51. The highest BCUT2D eigenvalue weighted by Crippen LogP contribution is 2.06. The Morgan fingerprint density at radius 3 is 2.90 bits per heavy atom. The first-order chi connectivity index (χ1) is 4.74. The van der Waals surface area contributed by atoms with Crippen LogP contribution < -0.4 is 11.2 Å². The molecule has 5 nitrogen and oxygen atoms in total. The van der Waals surface area contributed by atoms with E-state index < -0.39 is 18.1 Å². The lowest BCUT2D eigenvalue weighted by Gasteiger charge is -2.04. The van der Waals surface area contributed by atoms with Crippen LogP contribution in [0.15, 0.2) is 0 Å². The van der Waals surface area contributed by atoms with Crippen molar-refractivity contribution in [1.82, 2.24) is 5.32 Å². The summed E-state index contributed by atoms with van der Waals surface area (Å²) >= 11 is 0. The molecule has 1 fully saturated rings. The Bertz CT molecular complexity index is 139. The first kappa shape index (κ1) is 7.46. The van der Waals surface area contributed by atoms with E-state index in [1.807, 2.05) is 0 Å². The van der Waals surface area contributed by atoms with E-state index >= 15 is 0 Å². The fourth-order valence-electron chi connectivity index (χ4n) is 0.979. The second-order valence-electron chi connectivity index (χ2n) is 2.29. The maximum absolute atomic E-state index is 10.6. The van der Waals surface area contributed by atoms with Gasteiger partial charge in [-0.15, -0.1) is 0 Å². The SMILES string of the molecule is NOC(=O)[C@@H]1C[C@@H](O)CN1. The van der Waals surface area contributed by atoms with Crippen LogP contribution in [0.5, 0.6) is 0 Å². The zero-order chi connectivity index (χ0) is 7.56. The fraction of sp³-hybridized carbons (Fsp3) is 0.800. The smallest absolute Gasteiger partial charge is 0.341 e. The van der Waals surface area contributed by atoms with Gasteiger partial charge in [-0.25, -0.2) is 4.79 Å². The zero-order valence-corrected chi connectivity index (χ0v) is 5.41. The molecule has 0 aliphatic carbocycles. The molecule has 58 valence electrons. The molecule has 1 rings (SSSR count). The number of rotatable bonds is 1. The molecule has 0 aromatic carbocycles. The summed E-state index contributed by atoms with van der Waals surface area (Å²) in [4.78, 5) is 14.6. The number of carbonyl (C=O) groups is 1.